The molecule has 1 unspecified atom stereocenters. The summed E-state index contributed by atoms with van der Waals surface area (Å²) in [5.74, 6) is 1.85. The maximum Gasteiger partial charge on any atom is 0.236 e. The molecule has 104 valence electrons. The first kappa shape index (κ1) is 15.6. The molecule has 0 saturated carbocycles. The first-order valence-electron chi connectivity index (χ1n) is 6.87. The molecule has 0 heterocycles. The van der Waals surface area contributed by atoms with E-state index in [0.29, 0.717) is 5.75 Å². The predicted molar refractivity (Wildman–Crippen MR) is 77.5 cm³/mol. The van der Waals surface area contributed by atoms with Crippen LogP contribution < -0.4 is 0 Å². The number of aliphatic hydroxyl groups excluding tert-OH is 1. The summed E-state index contributed by atoms with van der Waals surface area (Å²) in [5.41, 5.74) is 1.21. The molecule has 1 aliphatic rings. The minimum absolute atomic E-state index is 0.198. The molecule has 18 heavy (non-hydrogen) atoms. The van der Waals surface area contributed by atoms with Crippen LogP contribution in [-0.2, 0) is 4.79 Å². The van der Waals surface area contributed by atoms with E-state index in [2.05, 4.69) is 6.08 Å². The molecular formula is C14H25NO2S. The van der Waals surface area contributed by atoms with Crippen LogP contribution in [-0.4, -0.2) is 40.6 Å². The highest BCUT2D eigenvalue weighted by atomic mass is 32.2. The van der Waals surface area contributed by atoms with Crippen LogP contribution in [0.5, 0.6) is 0 Å². The molecule has 1 N–H and O–H groups in total. The number of rotatable bonds is 7. The van der Waals surface area contributed by atoms with Gasteiger partial charge in [-0.05, 0) is 44.3 Å². The maximum atomic E-state index is 12.1. The number of amides is 1. The topological polar surface area (TPSA) is 40.5 Å². The Hall–Kier alpha value is -0.480. The minimum atomic E-state index is 0.198. The molecule has 1 atom stereocenters. The van der Waals surface area contributed by atoms with Crippen LogP contribution in [0.1, 0.15) is 39.5 Å². The normalized spacial score (nSPS) is 17.2. The Bertz CT molecular complexity index is 292. The fourth-order valence-corrected chi connectivity index (χ4v) is 3.04. The molecule has 1 aliphatic carbocycles. The number of thioether (sulfide) groups is 1. The Kier molecular flexibility index (Phi) is 7.44. The van der Waals surface area contributed by atoms with Crippen molar-refractivity contribution in [2.75, 3.05) is 24.7 Å². The van der Waals surface area contributed by atoms with Gasteiger partial charge in [-0.15, -0.1) is 0 Å². The van der Waals surface area contributed by atoms with Crippen LogP contribution in [0.3, 0.4) is 0 Å². The molecule has 1 rings (SSSR count). The molecule has 0 saturated heterocycles. The zero-order chi connectivity index (χ0) is 13.4. The molecule has 0 spiro atoms. The van der Waals surface area contributed by atoms with Gasteiger partial charge in [-0.3, -0.25) is 4.79 Å². The van der Waals surface area contributed by atoms with Gasteiger partial charge in [0.25, 0.3) is 0 Å². The zero-order valence-corrected chi connectivity index (χ0v) is 12.3. The van der Waals surface area contributed by atoms with Crippen molar-refractivity contribution in [3.8, 4) is 0 Å². The lowest BCUT2D eigenvalue weighted by molar-refractivity contribution is -0.126. The fraction of sp³-hybridized carbons (Fsp3) is 0.786. The predicted octanol–water partition coefficient (Wildman–Crippen LogP) is 2.65. The lowest BCUT2D eigenvalue weighted by atomic mass is 10.0. The Balaban J connectivity index is 2.39. The van der Waals surface area contributed by atoms with Crippen molar-refractivity contribution in [1.82, 2.24) is 4.90 Å². The molecule has 0 aromatic heterocycles. The van der Waals surface area contributed by atoms with Crippen molar-refractivity contribution in [3.05, 3.63) is 11.8 Å². The smallest absolute Gasteiger partial charge is 0.236 e. The Morgan fingerprint density at radius 3 is 2.89 bits per heavy atom. The van der Waals surface area contributed by atoms with Crippen LogP contribution in [0.15, 0.2) is 11.8 Å². The van der Waals surface area contributed by atoms with E-state index in [0.717, 1.165) is 25.1 Å². The van der Waals surface area contributed by atoms with E-state index >= 15 is 0 Å². The van der Waals surface area contributed by atoms with E-state index in [1.54, 1.807) is 11.8 Å². The van der Waals surface area contributed by atoms with Crippen molar-refractivity contribution < 1.29 is 9.90 Å². The highest BCUT2D eigenvalue weighted by Crippen LogP contribution is 2.21. The summed E-state index contributed by atoms with van der Waals surface area (Å²) < 4.78 is 0. The van der Waals surface area contributed by atoms with E-state index in [9.17, 15) is 4.79 Å². The largest absolute Gasteiger partial charge is 0.396 e. The van der Waals surface area contributed by atoms with Gasteiger partial charge in [0.15, 0.2) is 0 Å². The third-order valence-corrected chi connectivity index (χ3v) is 4.43. The van der Waals surface area contributed by atoms with Crippen molar-refractivity contribution in [2.24, 2.45) is 5.92 Å². The van der Waals surface area contributed by atoms with E-state index in [-0.39, 0.29) is 18.4 Å². The molecule has 0 aromatic rings. The fourth-order valence-electron chi connectivity index (χ4n) is 2.08. The molecular weight excluding hydrogens is 246 g/mol. The highest BCUT2D eigenvalue weighted by molar-refractivity contribution is 7.99. The SMILES string of the molecule is CCN(C(=O)CSCC(C)CO)C1=CCCCC1. The summed E-state index contributed by atoms with van der Waals surface area (Å²) in [4.78, 5) is 14.1. The first-order chi connectivity index (χ1) is 8.69. The van der Waals surface area contributed by atoms with E-state index in [4.69, 9.17) is 5.11 Å². The monoisotopic (exact) mass is 271 g/mol. The molecule has 0 bridgehead atoms. The second-order valence-electron chi connectivity index (χ2n) is 4.88. The van der Waals surface area contributed by atoms with Crippen LogP contribution in [0, 0.1) is 5.92 Å². The van der Waals surface area contributed by atoms with Gasteiger partial charge in [-0.1, -0.05) is 13.0 Å². The average Bonchev–Trinajstić information content (AvgIpc) is 2.40. The van der Waals surface area contributed by atoms with Crippen molar-refractivity contribution in [3.63, 3.8) is 0 Å². The molecule has 4 heteroatoms. The van der Waals surface area contributed by atoms with Gasteiger partial charge in [0, 0.05) is 18.8 Å². The Morgan fingerprint density at radius 1 is 1.56 bits per heavy atom. The first-order valence-corrected chi connectivity index (χ1v) is 8.02. The quantitative estimate of drug-likeness (QED) is 0.774. The summed E-state index contributed by atoms with van der Waals surface area (Å²) in [6, 6.07) is 0. The maximum absolute atomic E-state index is 12.1. The van der Waals surface area contributed by atoms with E-state index in [1.165, 1.54) is 18.5 Å². The van der Waals surface area contributed by atoms with E-state index in [1.807, 2.05) is 18.7 Å². The molecule has 0 radical (unpaired) electrons. The standard InChI is InChI=1S/C14H25NO2S/c1-3-15(13-7-5-4-6-8-13)14(17)11-18-10-12(2)9-16/h7,12,16H,3-6,8-11H2,1-2H3. The number of aliphatic hydroxyl groups is 1. The Labute approximate surface area is 115 Å². The Morgan fingerprint density at radius 2 is 2.33 bits per heavy atom. The number of hydrogen-bond donors (Lipinski definition) is 1. The van der Waals surface area contributed by atoms with Crippen LogP contribution in [0.2, 0.25) is 0 Å². The summed E-state index contributed by atoms with van der Waals surface area (Å²) in [7, 11) is 0. The summed E-state index contributed by atoms with van der Waals surface area (Å²) >= 11 is 1.62. The summed E-state index contributed by atoms with van der Waals surface area (Å²) in [6.07, 6.45) is 6.80. The van der Waals surface area contributed by atoms with Crippen molar-refractivity contribution in [2.45, 2.75) is 39.5 Å². The molecule has 0 fully saturated rings. The van der Waals surface area contributed by atoms with Gasteiger partial charge in [0.1, 0.15) is 0 Å². The molecule has 1 amide bonds. The number of allylic oxidation sites excluding steroid dienone is 2. The van der Waals surface area contributed by atoms with Crippen molar-refractivity contribution in [1.29, 1.82) is 0 Å². The molecule has 3 nitrogen and oxygen atoms in total. The second kappa shape index (κ2) is 8.59. The van der Waals surface area contributed by atoms with Gasteiger partial charge < -0.3 is 10.0 Å². The third kappa shape index (κ3) is 5.02. The third-order valence-electron chi connectivity index (χ3n) is 3.17. The summed E-state index contributed by atoms with van der Waals surface area (Å²) in [5, 5.41) is 8.94. The highest BCUT2D eigenvalue weighted by Gasteiger charge is 2.17. The van der Waals surface area contributed by atoms with Crippen molar-refractivity contribution >= 4 is 17.7 Å². The number of nitrogens with zero attached hydrogens (tertiary/aromatic N) is 1. The van der Waals surface area contributed by atoms with Gasteiger partial charge in [0.2, 0.25) is 5.91 Å². The number of carbonyl (C=O) groups is 1. The van der Waals surface area contributed by atoms with Gasteiger partial charge in [-0.25, -0.2) is 0 Å². The van der Waals surface area contributed by atoms with Gasteiger partial charge in [0.05, 0.1) is 5.75 Å². The van der Waals surface area contributed by atoms with Gasteiger partial charge >= 0.3 is 0 Å². The number of carbonyl (C=O) groups excluding carboxylic acids is 1. The lowest BCUT2D eigenvalue weighted by Crippen LogP contribution is -2.32. The second-order valence-corrected chi connectivity index (χ2v) is 5.91. The number of hydrogen-bond acceptors (Lipinski definition) is 3. The minimum Gasteiger partial charge on any atom is -0.396 e. The van der Waals surface area contributed by atoms with Gasteiger partial charge in [-0.2, -0.15) is 11.8 Å². The van der Waals surface area contributed by atoms with Crippen LogP contribution in [0.4, 0.5) is 0 Å². The molecule has 0 aromatic carbocycles. The molecule has 0 aliphatic heterocycles. The van der Waals surface area contributed by atoms with Crippen LogP contribution >= 0.6 is 11.8 Å². The van der Waals surface area contributed by atoms with Crippen LogP contribution in [0.25, 0.3) is 0 Å². The summed E-state index contributed by atoms with van der Waals surface area (Å²) in [6.45, 7) is 5.00. The lowest BCUT2D eigenvalue weighted by Gasteiger charge is -2.26. The zero-order valence-electron chi connectivity index (χ0n) is 11.5. The van der Waals surface area contributed by atoms with E-state index < -0.39 is 0 Å². The average molecular weight is 271 g/mol.